The molecule has 0 aromatic heterocycles. The van der Waals surface area contributed by atoms with Gasteiger partial charge in [-0.3, -0.25) is 14.9 Å². The Bertz CT molecular complexity index is 1430. The zero-order valence-corrected chi connectivity index (χ0v) is 23.0. The average Bonchev–Trinajstić information content (AvgIpc) is 2.83. The van der Waals surface area contributed by atoms with Gasteiger partial charge in [0, 0.05) is 20.1 Å². The van der Waals surface area contributed by atoms with Gasteiger partial charge in [0.25, 0.3) is 11.8 Å². The van der Waals surface area contributed by atoms with Crippen LogP contribution < -0.4 is 19.7 Å². The number of hydrogen-bond donors (Lipinski definition) is 1. The van der Waals surface area contributed by atoms with Gasteiger partial charge in [0.1, 0.15) is 12.2 Å². The Kier molecular flexibility index (Phi) is 8.44. The molecule has 1 aliphatic heterocycles. The Morgan fingerprint density at radius 3 is 2.35 bits per heavy atom. The van der Waals surface area contributed by atoms with E-state index >= 15 is 0 Å². The molecular formula is C26H18BrCl3N2O5. The van der Waals surface area contributed by atoms with Gasteiger partial charge in [0.15, 0.2) is 11.5 Å². The third-order valence-corrected chi connectivity index (χ3v) is 6.61. The average molecular weight is 625 g/mol. The highest BCUT2D eigenvalue weighted by Gasteiger charge is 2.36. The third-order valence-electron chi connectivity index (χ3n) is 5.22. The fraction of sp³-hybridized carbons (Fsp3) is 0.115. The zero-order valence-electron chi connectivity index (χ0n) is 19.2. The molecule has 0 spiro atoms. The first-order valence-corrected chi connectivity index (χ1v) is 12.8. The van der Waals surface area contributed by atoms with E-state index in [9.17, 15) is 14.4 Å². The van der Waals surface area contributed by atoms with E-state index in [0.717, 1.165) is 9.37 Å². The van der Waals surface area contributed by atoms with Crippen molar-refractivity contribution in [2.24, 2.45) is 0 Å². The number of carbonyl (C=O) groups is 3. The van der Waals surface area contributed by atoms with Gasteiger partial charge in [-0.25, -0.2) is 9.69 Å². The molecule has 1 saturated heterocycles. The molecule has 4 amide bonds. The SMILES string of the molecule is CCOc1cc(/C=C2/C(=O)NC(=O)N(c3ccc(Br)cc3)C2=O)cc(Cl)c1OCc1ccc(Cl)cc1Cl. The molecule has 1 heterocycles. The number of ether oxygens (including phenoxy) is 2. The Labute approximate surface area is 236 Å². The molecule has 11 heteroatoms. The van der Waals surface area contributed by atoms with Crippen molar-refractivity contribution in [3.63, 3.8) is 0 Å². The lowest BCUT2D eigenvalue weighted by atomic mass is 10.1. The number of urea groups is 1. The first-order valence-electron chi connectivity index (χ1n) is 10.9. The third kappa shape index (κ3) is 6.10. The number of nitrogens with zero attached hydrogens (tertiary/aromatic N) is 1. The van der Waals surface area contributed by atoms with Crippen molar-refractivity contribution in [2.75, 3.05) is 11.5 Å². The molecule has 1 fully saturated rings. The molecule has 4 rings (SSSR count). The Morgan fingerprint density at radius 1 is 0.946 bits per heavy atom. The van der Waals surface area contributed by atoms with Gasteiger partial charge >= 0.3 is 6.03 Å². The van der Waals surface area contributed by atoms with Gasteiger partial charge < -0.3 is 9.47 Å². The molecule has 37 heavy (non-hydrogen) atoms. The van der Waals surface area contributed by atoms with E-state index < -0.39 is 17.8 Å². The summed E-state index contributed by atoms with van der Waals surface area (Å²) in [5, 5.41) is 3.32. The largest absolute Gasteiger partial charge is 0.490 e. The lowest BCUT2D eigenvalue weighted by Crippen LogP contribution is -2.54. The summed E-state index contributed by atoms with van der Waals surface area (Å²) in [7, 11) is 0. The summed E-state index contributed by atoms with van der Waals surface area (Å²) in [5.41, 5.74) is 1.15. The van der Waals surface area contributed by atoms with Crippen LogP contribution in [0.1, 0.15) is 18.1 Å². The standard InChI is InChI=1S/C26H18BrCl3N2O5/c1-2-36-22-11-14(10-21(30)23(22)37-13-15-3-6-17(28)12-20(15)29)9-19-24(33)31-26(35)32(25(19)34)18-7-4-16(27)5-8-18/h3-12H,2,13H2,1H3,(H,31,33,35)/b19-9-. The number of nitrogens with one attached hydrogen (secondary N) is 1. The van der Waals surface area contributed by atoms with Crippen LogP contribution in [0, 0.1) is 0 Å². The second-order valence-electron chi connectivity index (χ2n) is 7.72. The lowest BCUT2D eigenvalue weighted by Gasteiger charge is -2.26. The van der Waals surface area contributed by atoms with Crippen molar-refractivity contribution in [3.8, 4) is 11.5 Å². The van der Waals surface area contributed by atoms with E-state index in [1.54, 1.807) is 55.5 Å². The van der Waals surface area contributed by atoms with Crippen molar-refractivity contribution < 1.29 is 23.9 Å². The van der Waals surface area contributed by atoms with Crippen LogP contribution in [0.3, 0.4) is 0 Å². The van der Waals surface area contributed by atoms with Gasteiger partial charge in [-0.05, 0) is 67.1 Å². The molecule has 0 radical (unpaired) electrons. The molecule has 0 saturated carbocycles. The summed E-state index contributed by atoms with van der Waals surface area (Å²) >= 11 is 22.0. The number of barbiturate groups is 1. The van der Waals surface area contributed by atoms with E-state index in [1.165, 1.54) is 12.1 Å². The molecule has 0 unspecified atom stereocenters. The maximum absolute atomic E-state index is 13.2. The summed E-state index contributed by atoms with van der Waals surface area (Å²) in [6, 6.07) is 13.8. The smallest absolute Gasteiger partial charge is 0.335 e. The molecule has 0 atom stereocenters. The number of benzene rings is 3. The minimum atomic E-state index is -0.841. The number of rotatable bonds is 7. The lowest BCUT2D eigenvalue weighted by molar-refractivity contribution is -0.122. The molecule has 3 aromatic rings. The topological polar surface area (TPSA) is 84.9 Å². The second kappa shape index (κ2) is 11.6. The summed E-state index contributed by atoms with van der Waals surface area (Å²) in [4.78, 5) is 39.0. The van der Waals surface area contributed by atoms with Crippen molar-refractivity contribution in [1.29, 1.82) is 0 Å². The Balaban J connectivity index is 1.66. The van der Waals surface area contributed by atoms with Crippen molar-refractivity contribution in [3.05, 3.63) is 90.8 Å². The quantitative estimate of drug-likeness (QED) is 0.225. The molecule has 1 N–H and O–H groups in total. The normalized spacial score (nSPS) is 14.7. The molecule has 190 valence electrons. The van der Waals surface area contributed by atoms with Crippen LogP contribution in [0.25, 0.3) is 6.08 Å². The fourth-order valence-electron chi connectivity index (χ4n) is 3.51. The maximum atomic E-state index is 13.2. The molecule has 7 nitrogen and oxygen atoms in total. The number of imide groups is 2. The predicted octanol–water partition coefficient (Wildman–Crippen LogP) is 7.05. The molecule has 1 aliphatic rings. The first-order chi connectivity index (χ1) is 17.7. The monoisotopic (exact) mass is 622 g/mol. The summed E-state index contributed by atoms with van der Waals surface area (Å²) in [6.07, 6.45) is 1.34. The van der Waals surface area contributed by atoms with Crippen LogP contribution >= 0.6 is 50.7 Å². The number of hydrogen-bond acceptors (Lipinski definition) is 5. The van der Waals surface area contributed by atoms with Crippen LogP contribution in [0.2, 0.25) is 15.1 Å². The first kappa shape index (κ1) is 27.0. The number of amides is 4. The Morgan fingerprint density at radius 2 is 1.68 bits per heavy atom. The fourth-order valence-corrected chi connectivity index (χ4v) is 4.51. The zero-order chi connectivity index (χ0) is 26.7. The van der Waals surface area contributed by atoms with E-state index in [0.29, 0.717) is 39.2 Å². The summed E-state index contributed by atoms with van der Waals surface area (Å²) in [6.45, 7) is 2.19. The number of halogens is 4. The molecule has 0 bridgehead atoms. The van der Waals surface area contributed by atoms with E-state index in [-0.39, 0.29) is 23.0 Å². The van der Waals surface area contributed by atoms with Crippen molar-refractivity contribution in [2.45, 2.75) is 13.5 Å². The highest BCUT2D eigenvalue weighted by molar-refractivity contribution is 9.10. The van der Waals surface area contributed by atoms with E-state index in [4.69, 9.17) is 44.3 Å². The van der Waals surface area contributed by atoms with Gasteiger partial charge in [-0.1, -0.05) is 56.8 Å². The molecule has 3 aromatic carbocycles. The van der Waals surface area contributed by atoms with Crippen molar-refractivity contribution in [1.82, 2.24) is 5.32 Å². The molecular weight excluding hydrogens is 607 g/mol. The Hall–Kier alpha value is -3.04. The van der Waals surface area contributed by atoms with Gasteiger partial charge in [0.2, 0.25) is 0 Å². The summed E-state index contributed by atoms with van der Waals surface area (Å²) < 4.78 is 12.4. The highest BCUT2D eigenvalue weighted by Crippen LogP contribution is 2.38. The maximum Gasteiger partial charge on any atom is 0.335 e. The van der Waals surface area contributed by atoms with Gasteiger partial charge in [0.05, 0.1) is 17.3 Å². The van der Waals surface area contributed by atoms with Crippen LogP contribution in [-0.2, 0) is 16.2 Å². The minimum Gasteiger partial charge on any atom is -0.490 e. The van der Waals surface area contributed by atoms with E-state index in [2.05, 4.69) is 21.2 Å². The summed E-state index contributed by atoms with van der Waals surface area (Å²) in [5.74, 6) is -1.03. The number of carbonyl (C=O) groups excluding carboxylic acids is 3. The van der Waals surface area contributed by atoms with Gasteiger partial charge in [-0.2, -0.15) is 0 Å². The van der Waals surface area contributed by atoms with Gasteiger partial charge in [-0.15, -0.1) is 0 Å². The van der Waals surface area contributed by atoms with Crippen LogP contribution in [0.4, 0.5) is 10.5 Å². The van der Waals surface area contributed by atoms with Crippen LogP contribution in [0.15, 0.2) is 64.6 Å². The van der Waals surface area contributed by atoms with E-state index in [1.807, 2.05) is 0 Å². The van der Waals surface area contributed by atoms with Crippen LogP contribution in [0.5, 0.6) is 11.5 Å². The number of anilines is 1. The highest BCUT2D eigenvalue weighted by atomic mass is 79.9. The second-order valence-corrected chi connectivity index (χ2v) is 9.89. The van der Waals surface area contributed by atoms with Crippen LogP contribution in [-0.4, -0.2) is 24.5 Å². The predicted molar refractivity (Wildman–Crippen MR) is 147 cm³/mol. The van der Waals surface area contributed by atoms with Crippen molar-refractivity contribution >= 4 is 80.3 Å². The molecule has 0 aliphatic carbocycles. The minimum absolute atomic E-state index is 0.0986.